The fraction of sp³-hybridized carbons (Fsp3) is 0.182. The van der Waals surface area contributed by atoms with Crippen molar-refractivity contribution in [1.82, 2.24) is 5.32 Å². The number of ether oxygens (including phenoxy) is 1. The molecule has 0 heterocycles. The van der Waals surface area contributed by atoms with Gasteiger partial charge in [0.05, 0.1) is 16.6 Å². The van der Waals surface area contributed by atoms with E-state index in [4.69, 9.17) is 34.4 Å². The average molecular weight is 258 g/mol. The molecule has 0 aliphatic heterocycles. The highest BCUT2D eigenvalue weighted by Crippen LogP contribution is 2.32. The lowest BCUT2D eigenvalue weighted by atomic mass is 10.3. The van der Waals surface area contributed by atoms with Gasteiger partial charge in [-0.1, -0.05) is 35.2 Å². The maximum Gasteiger partial charge on any atom is 0.258 e. The van der Waals surface area contributed by atoms with E-state index in [0.29, 0.717) is 15.8 Å². The number of halogens is 2. The van der Waals surface area contributed by atoms with Crippen molar-refractivity contribution in [2.45, 2.75) is 0 Å². The predicted octanol–water partition coefficient (Wildman–Crippen LogP) is 2.12. The first kappa shape index (κ1) is 12.7. The molecular weight excluding hydrogens is 249 g/mol. The van der Waals surface area contributed by atoms with Crippen molar-refractivity contribution in [1.29, 1.82) is 0 Å². The largest absolute Gasteiger partial charge is 0.481 e. The molecule has 0 radical (unpaired) electrons. The van der Waals surface area contributed by atoms with Gasteiger partial charge in [-0.25, -0.2) is 0 Å². The van der Waals surface area contributed by atoms with Crippen molar-refractivity contribution >= 4 is 29.1 Å². The van der Waals surface area contributed by atoms with Crippen LogP contribution in [0.25, 0.3) is 0 Å². The van der Waals surface area contributed by atoms with Gasteiger partial charge in [0.25, 0.3) is 5.91 Å². The maximum atomic E-state index is 11.2. The summed E-state index contributed by atoms with van der Waals surface area (Å²) in [7, 11) is 0. The van der Waals surface area contributed by atoms with E-state index in [0.717, 1.165) is 0 Å². The first-order valence-corrected chi connectivity index (χ1v) is 5.17. The Morgan fingerprint density at radius 2 is 2.06 bits per heavy atom. The molecule has 0 fully saturated rings. The fourth-order valence-corrected chi connectivity index (χ4v) is 1.47. The molecule has 0 aromatic heterocycles. The lowest BCUT2D eigenvalue weighted by molar-refractivity contribution is -0.122. The lowest BCUT2D eigenvalue weighted by Gasteiger charge is -2.08. The van der Waals surface area contributed by atoms with Crippen LogP contribution in [0.1, 0.15) is 0 Å². The monoisotopic (exact) mass is 257 g/mol. The molecule has 16 heavy (non-hydrogen) atoms. The Morgan fingerprint density at radius 3 is 2.62 bits per heavy atom. The van der Waals surface area contributed by atoms with Crippen LogP contribution in [0.3, 0.4) is 0 Å². The molecule has 0 saturated heterocycles. The molecule has 84 valence electrons. The Morgan fingerprint density at radius 1 is 1.44 bits per heavy atom. The van der Waals surface area contributed by atoms with Crippen LogP contribution in [0.2, 0.25) is 10.0 Å². The standard InChI is InChI=1S/C11H9Cl2NO2/c1-2-6-14-10(15)7-16-11-8(12)4-3-5-9(11)13/h1,3-5H,6-7H2,(H,14,15). The third-order valence-electron chi connectivity index (χ3n) is 1.65. The van der Waals surface area contributed by atoms with E-state index in [-0.39, 0.29) is 19.1 Å². The fourth-order valence-electron chi connectivity index (χ4n) is 0.959. The second-order valence-electron chi connectivity index (χ2n) is 2.82. The average Bonchev–Trinajstić information content (AvgIpc) is 2.25. The maximum absolute atomic E-state index is 11.2. The number of nitrogens with one attached hydrogen (secondary N) is 1. The van der Waals surface area contributed by atoms with E-state index in [1.807, 2.05) is 0 Å². The molecule has 3 nitrogen and oxygen atoms in total. The molecule has 0 bridgehead atoms. The van der Waals surface area contributed by atoms with Crippen LogP contribution in [-0.2, 0) is 4.79 Å². The topological polar surface area (TPSA) is 38.3 Å². The first-order valence-electron chi connectivity index (χ1n) is 4.42. The zero-order valence-electron chi connectivity index (χ0n) is 8.30. The lowest BCUT2D eigenvalue weighted by Crippen LogP contribution is -2.29. The van der Waals surface area contributed by atoms with Crippen molar-refractivity contribution in [3.63, 3.8) is 0 Å². The zero-order chi connectivity index (χ0) is 12.0. The van der Waals surface area contributed by atoms with Gasteiger partial charge < -0.3 is 10.1 Å². The first-order chi connectivity index (χ1) is 7.65. The number of carbonyl (C=O) groups is 1. The summed E-state index contributed by atoms with van der Waals surface area (Å²) in [6.07, 6.45) is 4.98. The van der Waals surface area contributed by atoms with Gasteiger partial charge in [0.15, 0.2) is 12.4 Å². The van der Waals surface area contributed by atoms with Gasteiger partial charge in [-0.05, 0) is 12.1 Å². The van der Waals surface area contributed by atoms with Crippen LogP contribution in [0.15, 0.2) is 18.2 Å². The van der Waals surface area contributed by atoms with Crippen molar-refractivity contribution in [2.24, 2.45) is 0 Å². The molecule has 1 N–H and O–H groups in total. The van der Waals surface area contributed by atoms with Crippen LogP contribution in [0, 0.1) is 12.3 Å². The van der Waals surface area contributed by atoms with E-state index < -0.39 is 0 Å². The van der Waals surface area contributed by atoms with Crippen LogP contribution in [0.4, 0.5) is 0 Å². The minimum Gasteiger partial charge on any atom is -0.481 e. The number of para-hydroxylation sites is 1. The summed E-state index contributed by atoms with van der Waals surface area (Å²) in [6.45, 7) is -0.0103. The second-order valence-corrected chi connectivity index (χ2v) is 3.63. The normalized spacial score (nSPS) is 9.31. The van der Waals surface area contributed by atoms with E-state index in [9.17, 15) is 4.79 Å². The summed E-state index contributed by atoms with van der Waals surface area (Å²) in [6, 6.07) is 4.94. The molecule has 0 unspecified atom stereocenters. The Balaban J connectivity index is 2.55. The predicted molar refractivity (Wildman–Crippen MR) is 63.8 cm³/mol. The molecule has 1 rings (SSSR count). The smallest absolute Gasteiger partial charge is 0.258 e. The summed E-state index contributed by atoms with van der Waals surface area (Å²) >= 11 is 11.7. The molecule has 0 aliphatic carbocycles. The molecule has 1 aromatic carbocycles. The molecule has 0 aliphatic rings. The van der Waals surface area contributed by atoms with E-state index in [2.05, 4.69) is 11.2 Å². The number of benzene rings is 1. The molecule has 1 amide bonds. The molecule has 0 saturated carbocycles. The summed E-state index contributed by atoms with van der Waals surface area (Å²) in [5.41, 5.74) is 0. The number of terminal acetylenes is 1. The quantitative estimate of drug-likeness (QED) is 0.840. The highest BCUT2D eigenvalue weighted by Gasteiger charge is 2.08. The summed E-state index contributed by atoms with van der Waals surface area (Å²) in [4.78, 5) is 11.2. The molecule has 0 spiro atoms. The molecular formula is C11H9Cl2NO2. The van der Waals surface area contributed by atoms with Crippen molar-refractivity contribution in [3.05, 3.63) is 28.2 Å². The Bertz CT molecular complexity index is 406. The molecule has 5 heteroatoms. The van der Waals surface area contributed by atoms with E-state index >= 15 is 0 Å². The Labute approximate surface area is 104 Å². The van der Waals surface area contributed by atoms with Crippen molar-refractivity contribution in [2.75, 3.05) is 13.2 Å². The van der Waals surface area contributed by atoms with Gasteiger partial charge in [-0.3, -0.25) is 4.79 Å². The van der Waals surface area contributed by atoms with Crippen LogP contribution in [0.5, 0.6) is 5.75 Å². The SMILES string of the molecule is C#CCNC(=O)COc1c(Cl)cccc1Cl. The van der Waals surface area contributed by atoms with Crippen LogP contribution in [-0.4, -0.2) is 19.1 Å². The second kappa shape index (κ2) is 6.26. The minimum atomic E-state index is -0.325. The third-order valence-corrected chi connectivity index (χ3v) is 2.25. The van der Waals surface area contributed by atoms with Gasteiger partial charge in [-0.15, -0.1) is 6.42 Å². The van der Waals surface area contributed by atoms with Gasteiger partial charge in [0.2, 0.25) is 0 Å². The number of hydrogen-bond donors (Lipinski definition) is 1. The summed E-state index contributed by atoms with van der Waals surface area (Å²) < 4.78 is 5.18. The van der Waals surface area contributed by atoms with E-state index in [1.54, 1.807) is 18.2 Å². The van der Waals surface area contributed by atoms with Crippen molar-refractivity contribution < 1.29 is 9.53 Å². The number of carbonyl (C=O) groups excluding carboxylic acids is 1. The zero-order valence-corrected chi connectivity index (χ0v) is 9.81. The van der Waals surface area contributed by atoms with Crippen molar-refractivity contribution in [3.8, 4) is 18.1 Å². The minimum absolute atomic E-state index is 0.165. The molecule has 0 atom stereocenters. The Kier molecular flexibility index (Phi) is 4.97. The van der Waals surface area contributed by atoms with E-state index in [1.165, 1.54) is 0 Å². The highest BCUT2D eigenvalue weighted by atomic mass is 35.5. The van der Waals surface area contributed by atoms with Gasteiger partial charge in [0, 0.05) is 0 Å². The van der Waals surface area contributed by atoms with Crippen LogP contribution < -0.4 is 10.1 Å². The van der Waals surface area contributed by atoms with Gasteiger partial charge in [0.1, 0.15) is 0 Å². The number of amides is 1. The summed E-state index contributed by atoms with van der Waals surface area (Å²) in [5.74, 6) is 2.25. The number of rotatable bonds is 4. The Hall–Kier alpha value is -1.37. The highest BCUT2D eigenvalue weighted by molar-refractivity contribution is 6.37. The number of hydrogen-bond acceptors (Lipinski definition) is 2. The van der Waals surface area contributed by atoms with Gasteiger partial charge in [-0.2, -0.15) is 0 Å². The summed E-state index contributed by atoms with van der Waals surface area (Å²) in [5, 5.41) is 3.17. The van der Waals surface area contributed by atoms with Crippen LogP contribution >= 0.6 is 23.2 Å². The van der Waals surface area contributed by atoms with Gasteiger partial charge >= 0.3 is 0 Å². The molecule has 1 aromatic rings. The third kappa shape index (κ3) is 3.65.